The number of esters is 1. The first-order chi connectivity index (χ1) is 10.2. The summed E-state index contributed by atoms with van der Waals surface area (Å²) < 4.78 is 5.12. The molecule has 0 spiro atoms. The third kappa shape index (κ3) is 2.73. The van der Waals surface area contributed by atoms with Crippen LogP contribution >= 0.6 is 0 Å². The molecule has 0 amide bonds. The van der Waals surface area contributed by atoms with Gasteiger partial charge in [0, 0.05) is 11.2 Å². The number of methoxy groups -OCH3 is 1. The minimum atomic E-state index is -0.257. The fraction of sp³-hybridized carbons (Fsp3) is 0.632. The second-order valence-corrected chi connectivity index (χ2v) is 7.51. The molecule has 2 rings (SSSR count). The second kappa shape index (κ2) is 5.94. The Bertz CT molecular complexity index is 563. The zero-order chi connectivity index (χ0) is 16.7. The van der Waals surface area contributed by atoms with E-state index in [1.807, 2.05) is 0 Å². The van der Waals surface area contributed by atoms with Crippen molar-refractivity contribution in [2.45, 2.75) is 65.5 Å². The molecule has 122 valence electrons. The van der Waals surface area contributed by atoms with Gasteiger partial charge in [-0.3, -0.25) is 0 Å². The first-order valence-corrected chi connectivity index (χ1v) is 8.17. The van der Waals surface area contributed by atoms with E-state index in [2.05, 4.69) is 64.6 Å². The Morgan fingerprint density at radius 1 is 1.36 bits per heavy atom. The van der Waals surface area contributed by atoms with Crippen molar-refractivity contribution < 1.29 is 9.53 Å². The SMILES string of the molecule is COC(=O)C(C(C)C)N1c2c(C)cccc2C(C)CC1(C)C. The van der Waals surface area contributed by atoms with Crippen LogP contribution < -0.4 is 4.90 Å². The molecule has 0 fully saturated rings. The molecule has 1 aliphatic rings. The van der Waals surface area contributed by atoms with Gasteiger partial charge in [0.15, 0.2) is 0 Å². The lowest BCUT2D eigenvalue weighted by atomic mass is 9.77. The maximum absolute atomic E-state index is 12.5. The number of hydrogen-bond donors (Lipinski definition) is 0. The maximum Gasteiger partial charge on any atom is 0.328 e. The zero-order valence-corrected chi connectivity index (χ0v) is 14.9. The number of ether oxygens (including phenoxy) is 1. The van der Waals surface area contributed by atoms with Crippen molar-refractivity contribution in [2.75, 3.05) is 12.0 Å². The molecule has 0 N–H and O–H groups in total. The molecule has 22 heavy (non-hydrogen) atoms. The third-order valence-electron chi connectivity index (χ3n) is 4.85. The van der Waals surface area contributed by atoms with Crippen LogP contribution in [-0.2, 0) is 9.53 Å². The van der Waals surface area contributed by atoms with Crippen molar-refractivity contribution in [2.24, 2.45) is 5.92 Å². The summed E-state index contributed by atoms with van der Waals surface area (Å²) in [5, 5.41) is 0. The highest BCUT2D eigenvalue weighted by molar-refractivity contribution is 5.82. The highest BCUT2D eigenvalue weighted by Crippen LogP contribution is 2.46. The predicted octanol–water partition coefficient (Wildman–Crippen LogP) is 4.28. The van der Waals surface area contributed by atoms with E-state index in [1.165, 1.54) is 23.9 Å². The summed E-state index contributed by atoms with van der Waals surface area (Å²) in [6.45, 7) is 13.1. The first-order valence-electron chi connectivity index (χ1n) is 8.17. The zero-order valence-electron chi connectivity index (χ0n) is 14.9. The van der Waals surface area contributed by atoms with Crippen LogP contribution in [-0.4, -0.2) is 24.7 Å². The lowest BCUT2D eigenvalue weighted by molar-refractivity contribution is -0.143. The van der Waals surface area contributed by atoms with Crippen molar-refractivity contribution in [1.82, 2.24) is 0 Å². The molecule has 0 saturated heterocycles. The lowest BCUT2D eigenvalue weighted by Gasteiger charge is -2.52. The molecule has 3 heteroatoms. The number of rotatable bonds is 3. The van der Waals surface area contributed by atoms with Crippen LogP contribution in [0.25, 0.3) is 0 Å². The van der Waals surface area contributed by atoms with E-state index in [4.69, 9.17) is 4.74 Å². The molecule has 1 aromatic carbocycles. The molecule has 1 aliphatic heterocycles. The van der Waals surface area contributed by atoms with E-state index in [1.54, 1.807) is 0 Å². The summed E-state index contributed by atoms with van der Waals surface area (Å²) in [5.41, 5.74) is 3.71. The highest BCUT2D eigenvalue weighted by Gasteiger charge is 2.44. The van der Waals surface area contributed by atoms with Gasteiger partial charge in [0.05, 0.1) is 7.11 Å². The molecule has 0 aromatic heterocycles. The molecular weight excluding hydrogens is 274 g/mol. The van der Waals surface area contributed by atoms with Gasteiger partial charge >= 0.3 is 5.97 Å². The molecule has 0 aliphatic carbocycles. The number of carbonyl (C=O) groups excluding carboxylic acids is 1. The summed E-state index contributed by atoms with van der Waals surface area (Å²) in [4.78, 5) is 14.8. The van der Waals surface area contributed by atoms with E-state index in [9.17, 15) is 4.79 Å². The topological polar surface area (TPSA) is 29.5 Å². The molecule has 2 unspecified atom stereocenters. The van der Waals surface area contributed by atoms with E-state index in [-0.39, 0.29) is 23.5 Å². The summed E-state index contributed by atoms with van der Waals surface area (Å²) in [5.74, 6) is 0.533. The van der Waals surface area contributed by atoms with Crippen LogP contribution in [0.5, 0.6) is 0 Å². The van der Waals surface area contributed by atoms with Crippen LogP contribution in [0, 0.1) is 12.8 Å². The fourth-order valence-corrected chi connectivity index (χ4v) is 3.98. The Labute approximate surface area is 134 Å². The van der Waals surface area contributed by atoms with Crippen LogP contribution in [0.15, 0.2) is 18.2 Å². The molecule has 1 aromatic rings. The Hall–Kier alpha value is -1.51. The van der Waals surface area contributed by atoms with Crippen LogP contribution in [0.2, 0.25) is 0 Å². The largest absolute Gasteiger partial charge is 0.467 e. The van der Waals surface area contributed by atoms with Gasteiger partial charge in [-0.05, 0) is 50.2 Å². The van der Waals surface area contributed by atoms with Gasteiger partial charge < -0.3 is 9.64 Å². The first kappa shape index (κ1) is 16.9. The van der Waals surface area contributed by atoms with Crippen LogP contribution in [0.4, 0.5) is 5.69 Å². The van der Waals surface area contributed by atoms with Gasteiger partial charge in [-0.1, -0.05) is 39.0 Å². The number of aryl methyl sites for hydroxylation is 1. The number of fused-ring (bicyclic) bond motifs is 1. The van der Waals surface area contributed by atoms with E-state index >= 15 is 0 Å². The van der Waals surface area contributed by atoms with Crippen LogP contribution in [0.3, 0.4) is 0 Å². The normalized spacial score (nSPS) is 21.5. The smallest absolute Gasteiger partial charge is 0.328 e. The number of benzene rings is 1. The molecular formula is C19H29NO2. The van der Waals surface area contributed by atoms with Gasteiger partial charge in [-0.2, -0.15) is 0 Å². The fourth-order valence-electron chi connectivity index (χ4n) is 3.98. The summed E-state index contributed by atoms with van der Waals surface area (Å²) in [6, 6.07) is 6.19. The van der Waals surface area contributed by atoms with Crippen LogP contribution in [0.1, 0.15) is 58.1 Å². The van der Waals surface area contributed by atoms with Gasteiger partial charge in [0.2, 0.25) is 0 Å². The van der Waals surface area contributed by atoms with Crippen molar-refractivity contribution >= 4 is 11.7 Å². The summed E-state index contributed by atoms with van der Waals surface area (Å²) in [6.07, 6.45) is 1.03. The van der Waals surface area contributed by atoms with Crippen molar-refractivity contribution in [3.05, 3.63) is 29.3 Å². The van der Waals surface area contributed by atoms with Gasteiger partial charge in [0.25, 0.3) is 0 Å². The average molecular weight is 303 g/mol. The van der Waals surface area contributed by atoms with Gasteiger partial charge in [0.1, 0.15) is 6.04 Å². The van der Waals surface area contributed by atoms with E-state index in [0.717, 1.165) is 6.42 Å². The lowest BCUT2D eigenvalue weighted by Crippen LogP contribution is -2.58. The van der Waals surface area contributed by atoms with E-state index in [0.29, 0.717) is 5.92 Å². The minimum absolute atomic E-state index is 0.0817. The quantitative estimate of drug-likeness (QED) is 0.780. The van der Waals surface area contributed by atoms with E-state index < -0.39 is 0 Å². The molecule has 0 saturated carbocycles. The van der Waals surface area contributed by atoms with Crippen molar-refractivity contribution in [3.8, 4) is 0 Å². The Balaban J connectivity index is 2.66. The highest BCUT2D eigenvalue weighted by atomic mass is 16.5. The number of anilines is 1. The average Bonchev–Trinajstić information content (AvgIpc) is 2.42. The second-order valence-electron chi connectivity index (χ2n) is 7.51. The molecule has 0 bridgehead atoms. The number of nitrogens with zero attached hydrogens (tertiary/aromatic N) is 1. The molecule has 1 heterocycles. The number of para-hydroxylation sites is 1. The van der Waals surface area contributed by atoms with Crippen molar-refractivity contribution in [1.29, 1.82) is 0 Å². The third-order valence-corrected chi connectivity index (χ3v) is 4.85. The Morgan fingerprint density at radius 3 is 2.55 bits per heavy atom. The monoisotopic (exact) mass is 303 g/mol. The predicted molar refractivity (Wildman–Crippen MR) is 91.4 cm³/mol. The molecule has 0 radical (unpaired) electrons. The Morgan fingerprint density at radius 2 is 2.00 bits per heavy atom. The Kier molecular flexibility index (Phi) is 4.55. The van der Waals surface area contributed by atoms with Crippen molar-refractivity contribution in [3.63, 3.8) is 0 Å². The summed E-state index contributed by atoms with van der Waals surface area (Å²) >= 11 is 0. The number of carbonyl (C=O) groups is 1. The molecule has 2 atom stereocenters. The van der Waals surface area contributed by atoms with Gasteiger partial charge in [-0.15, -0.1) is 0 Å². The van der Waals surface area contributed by atoms with Gasteiger partial charge in [-0.25, -0.2) is 4.79 Å². The molecule has 3 nitrogen and oxygen atoms in total. The maximum atomic E-state index is 12.5. The number of hydrogen-bond acceptors (Lipinski definition) is 3. The summed E-state index contributed by atoms with van der Waals surface area (Å²) in [7, 11) is 1.48. The standard InChI is InChI=1S/C19H29NO2/c1-12(2)16(18(21)22-7)20-17-13(3)9-8-10-15(17)14(4)11-19(20,5)6/h8-10,12,14,16H,11H2,1-7H3. The minimum Gasteiger partial charge on any atom is -0.467 e.